The van der Waals surface area contributed by atoms with E-state index in [1.165, 1.54) is 6.92 Å². The molecule has 0 aliphatic heterocycles. The zero-order valence-corrected chi connectivity index (χ0v) is 10.8. The Labute approximate surface area is 103 Å². The summed E-state index contributed by atoms with van der Waals surface area (Å²) in [4.78, 5) is 11.1. The molecule has 0 bridgehead atoms. The van der Waals surface area contributed by atoms with Crippen molar-refractivity contribution in [3.63, 3.8) is 0 Å². The van der Waals surface area contributed by atoms with Crippen molar-refractivity contribution in [2.45, 2.75) is 44.7 Å². The van der Waals surface area contributed by atoms with Crippen molar-refractivity contribution < 1.29 is 35.3 Å². The van der Waals surface area contributed by atoms with Gasteiger partial charge in [-0.25, -0.2) is 0 Å². The van der Waals surface area contributed by atoms with Crippen LogP contribution in [0.25, 0.3) is 0 Å². The predicted molar refractivity (Wildman–Crippen MR) is 56.0 cm³/mol. The van der Waals surface area contributed by atoms with Gasteiger partial charge in [0, 0.05) is 0 Å². The molecule has 108 valence electrons. The van der Waals surface area contributed by atoms with Crippen LogP contribution in [0.4, 0.5) is 13.2 Å². The maximum Gasteiger partial charge on any atom is 0.523 e. The Morgan fingerprint density at radius 1 is 1.28 bits per heavy atom. The number of esters is 1. The molecular weight excluding hydrogens is 277 g/mol. The van der Waals surface area contributed by atoms with Crippen molar-refractivity contribution in [3.05, 3.63) is 0 Å². The number of ether oxygens (including phenoxy) is 1. The third-order valence-corrected chi connectivity index (χ3v) is 2.95. The van der Waals surface area contributed by atoms with Crippen LogP contribution in [-0.2, 0) is 23.8 Å². The standard InChI is InChI=1S/C9H15F3O5S/c1-3-5-7(6-8(13)16-4-2)17-18(14,15)9(10,11)12/h7H,3-6H2,1-2H3/t7-/m1/s1. The van der Waals surface area contributed by atoms with Crippen LogP contribution in [0.1, 0.15) is 33.1 Å². The molecule has 0 N–H and O–H groups in total. The molecule has 5 nitrogen and oxygen atoms in total. The Morgan fingerprint density at radius 3 is 2.22 bits per heavy atom. The van der Waals surface area contributed by atoms with E-state index < -0.39 is 34.1 Å². The van der Waals surface area contributed by atoms with E-state index in [1.807, 2.05) is 0 Å². The number of alkyl halides is 3. The molecule has 0 aromatic rings. The molecule has 0 aliphatic carbocycles. The molecule has 0 aromatic carbocycles. The van der Waals surface area contributed by atoms with Gasteiger partial charge in [0.05, 0.1) is 19.1 Å². The van der Waals surface area contributed by atoms with Crippen LogP contribution in [0.5, 0.6) is 0 Å². The van der Waals surface area contributed by atoms with Gasteiger partial charge < -0.3 is 4.74 Å². The summed E-state index contributed by atoms with van der Waals surface area (Å²) in [6.45, 7) is 3.21. The first-order valence-corrected chi connectivity index (χ1v) is 6.70. The second-order valence-electron chi connectivity index (χ2n) is 3.42. The van der Waals surface area contributed by atoms with Gasteiger partial charge in [-0.05, 0) is 13.3 Å². The fourth-order valence-corrected chi connectivity index (χ4v) is 1.78. The Kier molecular flexibility index (Phi) is 6.61. The van der Waals surface area contributed by atoms with Crippen LogP contribution >= 0.6 is 0 Å². The van der Waals surface area contributed by atoms with Crippen LogP contribution in [0.3, 0.4) is 0 Å². The van der Waals surface area contributed by atoms with Crippen molar-refractivity contribution in [1.29, 1.82) is 0 Å². The van der Waals surface area contributed by atoms with Crippen LogP contribution in [0.2, 0.25) is 0 Å². The summed E-state index contributed by atoms with van der Waals surface area (Å²) in [5.74, 6) is -0.798. The van der Waals surface area contributed by atoms with Crippen LogP contribution in [0.15, 0.2) is 0 Å². The normalized spacial score (nSPS) is 14.3. The second-order valence-corrected chi connectivity index (χ2v) is 4.98. The molecule has 0 amide bonds. The molecular formula is C9H15F3O5S. The van der Waals surface area contributed by atoms with E-state index in [1.54, 1.807) is 6.92 Å². The van der Waals surface area contributed by atoms with E-state index in [4.69, 9.17) is 0 Å². The van der Waals surface area contributed by atoms with E-state index in [-0.39, 0.29) is 13.0 Å². The highest BCUT2D eigenvalue weighted by Crippen LogP contribution is 2.27. The summed E-state index contributed by atoms with van der Waals surface area (Å²) >= 11 is 0. The maximum atomic E-state index is 12.1. The largest absolute Gasteiger partial charge is 0.523 e. The van der Waals surface area contributed by atoms with Gasteiger partial charge >= 0.3 is 21.6 Å². The van der Waals surface area contributed by atoms with Crippen LogP contribution < -0.4 is 0 Å². The Hall–Kier alpha value is -0.830. The van der Waals surface area contributed by atoms with Crippen LogP contribution in [-0.4, -0.2) is 32.6 Å². The number of hydrogen-bond acceptors (Lipinski definition) is 5. The lowest BCUT2D eigenvalue weighted by molar-refractivity contribution is -0.145. The summed E-state index contributed by atoms with van der Waals surface area (Å²) in [5, 5.41) is 0. The topological polar surface area (TPSA) is 69.7 Å². The molecule has 1 atom stereocenters. The summed E-state index contributed by atoms with van der Waals surface area (Å²) < 4.78 is 66.4. The van der Waals surface area contributed by atoms with Crippen LogP contribution in [0, 0.1) is 0 Å². The molecule has 0 rings (SSSR count). The zero-order chi connectivity index (χ0) is 14.4. The molecule has 0 heterocycles. The summed E-state index contributed by atoms with van der Waals surface area (Å²) in [7, 11) is -5.69. The smallest absolute Gasteiger partial charge is 0.466 e. The van der Waals surface area contributed by atoms with E-state index in [9.17, 15) is 26.4 Å². The fraction of sp³-hybridized carbons (Fsp3) is 0.889. The Bertz CT molecular complexity index is 363. The van der Waals surface area contributed by atoms with Gasteiger partial charge in [0.25, 0.3) is 0 Å². The minimum atomic E-state index is -5.69. The summed E-state index contributed by atoms with van der Waals surface area (Å²) in [5.41, 5.74) is -5.49. The van der Waals surface area contributed by atoms with Crippen molar-refractivity contribution in [2.75, 3.05) is 6.61 Å². The Balaban J connectivity index is 4.68. The van der Waals surface area contributed by atoms with E-state index in [0.29, 0.717) is 6.42 Å². The summed E-state index contributed by atoms with van der Waals surface area (Å²) in [6, 6.07) is 0. The molecule has 0 fully saturated rings. The number of hydrogen-bond donors (Lipinski definition) is 0. The number of rotatable bonds is 7. The third kappa shape index (κ3) is 5.67. The minimum Gasteiger partial charge on any atom is -0.466 e. The summed E-state index contributed by atoms with van der Waals surface area (Å²) in [6.07, 6.45) is -1.51. The fourth-order valence-electron chi connectivity index (χ4n) is 1.15. The zero-order valence-electron chi connectivity index (χ0n) is 9.99. The molecule has 9 heteroatoms. The minimum absolute atomic E-state index is 0.00806. The van der Waals surface area contributed by atoms with Crippen molar-refractivity contribution >= 4 is 16.1 Å². The van der Waals surface area contributed by atoms with Gasteiger partial charge in [-0.2, -0.15) is 21.6 Å². The lowest BCUT2D eigenvalue weighted by Crippen LogP contribution is -2.31. The third-order valence-electron chi connectivity index (χ3n) is 1.86. The van der Waals surface area contributed by atoms with E-state index in [2.05, 4.69) is 8.92 Å². The van der Waals surface area contributed by atoms with E-state index >= 15 is 0 Å². The number of carbonyl (C=O) groups excluding carboxylic acids is 1. The molecule has 0 radical (unpaired) electrons. The Morgan fingerprint density at radius 2 is 1.83 bits per heavy atom. The lowest BCUT2D eigenvalue weighted by atomic mass is 10.1. The molecule has 0 aliphatic rings. The van der Waals surface area contributed by atoms with Gasteiger partial charge in [0.2, 0.25) is 0 Å². The first-order valence-electron chi connectivity index (χ1n) is 5.29. The molecule has 0 unspecified atom stereocenters. The molecule has 0 saturated carbocycles. The first kappa shape index (κ1) is 17.2. The van der Waals surface area contributed by atoms with Gasteiger partial charge in [-0.1, -0.05) is 13.3 Å². The predicted octanol–water partition coefficient (Wildman–Crippen LogP) is 1.97. The second kappa shape index (κ2) is 6.93. The van der Waals surface area contributed by atoms with Gasteiger partial charge in [-0.15, -0.1) is 0 Å². The first-order chi connectivity index (χ1) is 8.14. The SMILES string of the molecule is CCC[C@H](CC(=O)OCC)OS(=O)(=O)C(F)(F)F. The average Bonchev–Trinajstić information content (AvgIpc) is 2.15. The molecule has 0 spiro atoms. The lowest BCUT2D eigenvalue weighted by Gasteiger charge is -2.17. The monoisotopic (exact) mass is 292 g/mol. The highest BCUT2D eigenvalue weighted by molar-refractivity contribution is 7.87. The molecule has 0 saturated heterocycles. The van der Waals surface area contributed by atoms with E-state index in [0.717, 1.165) is 0 Å². The van der Waals surface area contributed by atoms with Crippen molar-refractivity contribution in [2.24, 2.45) is 0 Å². The quantitative estimate of drug-likeness (QED) is 0.407. The molecule has 18 heavy (non-hydrogen) atoms. The van der Waals surface area contributed by atoms with Gasteiger partial charge in [0.15, 0.2) is 0 Å². The highest BCUT2D eigenvalue weighted by Gasteiger charge is 2.48. The number of carbonyl (C=O) groups is 1. The maximum absolute atomic E-state index is 12.1. The van der Waals surface area contributed by atoms with Crippen molar-refractivity contribution in [1.82, 2.24) is 0 Å². The van der Waals surface area contributed by atoms with Gasteiger partial charge in [0.1, 0.15) is 0 Å². The van der Waals surface area contributed by atoms with Crippen molar-refractivity contribution in [3.8, 4) is 0 Å². The molecule has 0 aromatic heterocycles. The average molecular weight is 292 g/mol. The number of halogens is 3. The van der Waals surface area contributed by atoms with Gasteiger partial charge in [-0.3, -0.25) is 8.98 Å². The highest BCUT2D eigenvalue weighted by atomic mass is 32.2.